The number of ether oxygens (including phenoxy) is 1. The minimum Gasteiger partial charge on any atom is -0.493 e. The van der Waals surface area contributed by atoms with Gasteiger partial charge in [0.05, 0.1) is 6.61 Å². The SMILES string of the molecule is CC(CC(=O)CCc1ccc2c(c1)CCO2)C(C)(C)C. The van der Waals surface area contributed by atoms with Crippen LogP contribution in [0.5, 0.6) is 5.75 Å². The molecular formula is C18H26O2. The molecule has 0 fully saturated rings. The summed E-state index contributed by atoms with van der Waals surface area (Å²) in [5.41, 5.74) is 2.75. The molecule has 2 heteroatoms. The van der Waals surface area contributed by atoms with Crippen molar-refractivity contribution in [2.45, 2.75) is 53.4 Å². The average Bonchev–Trinajstić information content (AvgIpc) is 2.82. The van der Waals surface area contributed by atoms with Crippen LogP contribution in [-0.4, -0.2) is 12.4 Å². The molecule has 20 heavy (non-hydrogen) atoms. The van der Waals surface area contributed by atoms with Gasteiger partial charge in [-0.1, -0.05) is 39.8 Å². The Labute approximate surface area is 122 Å². The quantitative estimate of drug-likeness (QED) is 0.804. The Balaban J connectivity index is 1.85. The summed E-state index contributed by atoms with van der Waals surface area (Å²) in [6.07, 6.45) is 3.19. The smallest absolute Gasteiger partial charge is 0.133 e. The zero-order valence-corrected chi connectivity index (χ0v) is 13.2. The van der Waals surface area contributed by atoms with Crippen molar-refractivity contribution in [3.05, 3.63) is 29.3 Å². The third kappa shape index (κ3) is 3.84. The number of carbonyl (C=O) groups is 1. The molecule has 0 bridgehead atoms. The Kier molecular flexibility index (Phi) is 4.52. The van der Waals surface area contributed by atoms with Gasteiger partial charge in [0.2, 0.25) is 0 Å². The summed E-state index contributed by atoms with van der Waals surface area (Å²) in [6.45, 7) is 9.56. The van der Waals surface area contributed by atoms with E-state index in [0.717, 1.165) is 25.2 Å². The largest absolute Gasteiger partial charge is 0.493 e. The highest BCUT2D eigenvalue weighted by Crippen LogP contribution is 2.29. The van der Waals surface area contributed by atoms with Gasteiger partial charge in [-0.25, -0.2) is 0 Å². The van der Waals surface area contributed by atoms with Crippen molar-refractivity contribution >= 4 is 5.78 Å². The fraction of sp³-hybridized carbons (Fsp3) is 0.611. The first-order chi connectivity index (χ1) is 9.36. The molecule has 0 spiro atoms. The molecular weight excluding hydrogens is 248 g/mol. The van der Waals surface area contributed by atoms with Crippen molar-refractivity contribution in [1.82, 2.24) is 0 Å². The van der Waals surface area contributed by atoms with Crippen molar-refractivity contribution in [2.75, 3.05) is 6.61 Å². The van der Waals surface area contributed by atoms with Gasteiger partial charge < -0.3 is 4.74 Å². The molecule has 0 radical (unpaired) electrons. The maximum atomic E-state index is 12.1. The molecule has 2 nitrogen and oxygen atoms in total. The lowest BCUT2D eigenvalue weighted by molar-refractivity contribution is -0.120. The molecule has 0 aromatic heterocycles. The maximum absolute atomic E-state index is 12.1. The van der Waals surface area contributed by atoms with Crippen LogP contribution < -0.4 is 4.74 Å². The predicted molar refractivity (Wildman–Crippen MR) is 82.2 cm³/mol. The molecule has 2 rings (SSSR count). The zero-order valence-electron chi connectivity index (χ0n) is 13.2. The molecule has 0 saturated heterocycles. The number of Topliss-reactive ketones (excluding diaryl/α,β-unsaturated/α-hetero) is 1. The van der Waals surface area contributed by atoms with Crippen LogP contribution >= 0.6 is 0 Å². The number of hydrogen-bond acceptors (Lipinski definition) is 2. The van der Waals surface area contributed by atoms with Gasteiger partial charge in [-0.2, -0.15) is 0 Å². The lowest BCUT2D eigenvalue weighted by atomic mass is 9.79. The molecule has 110 valence electrons. The van der Waals surface area contributed by atoms with Crippen molar-refractivity contribution in [2.24, 2.45) is 11.3 Å². The first kappa shape index (κ1) is 15.1. The van der Waals surface area contributed by atoms with Crippen molar-refractivity contribution in [3.63, 3.8) is 0 Å². The van der Waals surface area contributed by atoms with Crippen molar-refractivity contribution < 1.29 is 9.53 Å². The summed E-state index contributed by atoms with van der Waals surface area (Å²) in [5.74, 6) is 1.83. The third-order valence-electron chi connectivity index (χ3n) is 4.46. The van der Waals surface area contributed by atoms with Crippen LogP contribution in [0.2, 0.25) is 0 Å². The molecule has 1 aromatic rings. The second-order valence-corrected chi connectivity index (χ2v) is 7.05. The van der Waals surface area contributed by atoms with E-state index in [1.54, 1.807) is 0 Å². The highest BCUT2D eigenvalue weighted by Gasteiger charge is 2.22. The minimum atomic E-state index is 0.209. The first-order valence-electron chi connectivity index (χ1n) is 7.62. The summed E-state index contributed by atoms with van der Waals surface area (Å²) >= 11 is 0. The van der Waals surface area contributed by atoms with E-state index in [-0.39, 0.29) is 5.41 Å². The normalized spacial score (nSPS) is 15.6. The van der Waals surface area contributed by atoms with Gasteiger partial charge in [0.1, 0.15) is 11.5 Å². The van der Waals surface area contributed by atoms with Crippen molar-refractivity contribution in [3.8, 4) is 5.75 Å². The fourth-order valence-electron chi connectivity index (χ4n) is 2.43. The molecule has 1 aromatic carbocycles. The van der Waals surface area contributed by atoms with E-state index in [0.29, 0.717) is 24.5 Å². The van der Waals surface area contributed by atoms with E-state index in [1.165, 1.54) is 11.1 Å². The molecule has 1 aliphatic rings. The van der Waals surface area contributed by atoms with Crippen LogP contribution in [0.3, 0.4) is 0 Å². The van der Waals surface area contributed by atoms with Gasteiger partial charge in [0, 0.05) is 19.3 Å². The molecule has 1 aliphatic heterocycles. The summed E-state index contributed by atoms with van der Waals surface area (Å²) < 4.78 is 5.50. The fourth-order valence-corrected chi connectivity index (χ4v) is 2.43. The Morgan fingerprint density at radius 3 is 2.80 bits per heavy atom. The van der Waals surface area contributed by atoms with E-state index in [9.17, 15) is 4.79 Å². The molecule has 1 atom stereocenters. The number of ketones is 1. The Morgan fingerprint density at radius 2 is 2.10 bits per heavy atom. The highest BCUT2D eigenvalue weighted by atomic mass is 16.5. The maximum Gasteiger partial charge on any atom is 0.133 e. The van der Waals surface area contributed by atoms with Crippen LogP contribution in [0, 0.1) is 11.3 Å². The Morgan fingerprint density at radius 1 is 1.35 bits per heavy atom. The topological polar surface area (TPSA) is 26.3 Å². The van der Waals surface area contributed by atoms with E-state index < -0.39 is 0 Å². The zero-order chi connectivity index (χ0) is 14.8. The van der Waals surface area contributed by atoms with E-state index in [2.05, 4.69) is 39.8 Å². The molecule has 1 heterocycles. The monoisotopic (exact) mass is 274 g/mol. The average molecular weight is 274 g/mol. The van der Waals surface area contributed by atoms with Crippen LogP contribution in [0.1, 0.15) is 51.7 Å². The van der Waals surface area contributed by atoms with E-state index in [1.807, 2.05) is 6.07 Å². The summed E-state index contributed by atoms with van der Waals surface area (Å²) in [7, 11) is 0. The van der Waals surface area contributed by atoms with Gasteiger partial charge in [0.15, 0.2) is 0 Å². The minimum absolute atomic E-state index is 0.209. The Bertz CT molecular complexity index is 483. The predicted octanol–water partition coefficient (Wildman–Crippen LogP) is 4.20. The number of aryl methyl sites for hydroxylation is 1. The second kappa shape index (κ2) is 5.99. The molecule has 0 N–H and O–H groups in total. The summed E-state index contributed by atoms with van der Waals surface area (Å²) in [5, 5.41) is 0. The van der Waals surface area contributed by atoms with E-state index >= 15 is 0 Å². The summed E-state index contributed by atoms with van der Waals surface area (Å²) in [6, 6.07) is 6.33. The molecule has 0 aliphatic carbocycles. The van der Waals surface area contributed by atoms with Gasteiger partial charge in [-0.3, -0.25) is 4.79 Å². The third-order valence-corrected chi connectivity index (χ3v) is 4.46. The number of fused-ring (bicyclic) bond motifs is 1. The molecule has 0 saturated carbocycles. The number of benzene rings is 1. The molecule has 1 unspecified atom stereocenters. The van der Waals surface area contributed by atoms with Gasteiger partial charge in [0.25, 0.3) is 0 Å². The van der Waals surface area contributed by atoms with Crippen molar-refractivity contribution in [1.29, 1.82) is 0 Å². The Hall–Kier alpha value is -1.31. The highest BCUT2D eigenvalue weighted by molar-refractivity contribution is 5.78. The standard InChI is InChI=1S/C18H26O2/c1-13(18(2,3)4)11-16(19)7-5-14-6-8-17-15(12-14)9-10-20-17/h6,8,12-13H,5,7,9-11H2,1-4H3. The van der Waals surface area contributed by atoms with Gasteiger partial charge >= 0.3 is 0 Å². The number of hydrogen-bond donors (Lipinski definition) is 0. The number of carbonyl (C=O) groups excluding carboxylic acids is 1. The second-order valence-electron chi connectivity index (χ2n) is 7.05. The molecule has 0 amide bonds. The lowest BCUT2D eigenvalue weighted by Gasteiger charge is -2.26. The van der Waals surface area contributed by atoms with Gasteiger partial charge in [-0.15, -0.1) is 0 Å². The van der Waals surface area contributed by atoms with Crippen LogP contribution in [0.15, 0.2) is 18.2 Å². The lowest BCUT2D eigenvalue weighted by Crippen LogP contribution is -2.20. The van der Waals surface area contributed by atoms with Crippen LogP contribution in [0.4, 0.5) is 0 Å². The van der Waals surface area contributed by atoms with Crippen LogP contribution in [0.25, 0.3) is 0 Å². The van der Waals surface area contributed by atoms with E-state index in [4.69, 9.17) is 4.74 Å². The summed E-state index contributed by atoms with van der Waals surface area (Å²) in [4.78, 5) is 12.1. The number of rotatable bonds is 5. The van der Waals surface area contributed by atoms with Gasteiger partial charge in [-0.05, 0) is 34.9 Å². The van der Waals surface area contributed by atoms with Crippen LogP contribution in [-0.2, 0) is 17.6 Å². The first-order valence-corrected chi connectivity index (χ1v) is 7.62.